The van der Waals surface area contributed by atoms with Crippen LogP contribution < -0.4 is 0 Å². The van der Waals surface area contributed by atoms with Crippen molar-refractivity contribution in [2.24, 2.45) is 0 Å². The van der Waals surface area contributed by atoms with E-state index < -0.39 is 22.8 Å². The van der Waals surface area contributed by atoms with Crippen molar-refractivity contribution in [1.82, 2.24) is 9.47 Å². The summed E-state index contributed by atoms with van der Waals surface area (Å²) in [7, 11) is 0. The number of aryl methyl sites for hydroxylation is 1. The topological polar surface area (TPSA) is 106 Å². The number of aromatic nitrogens is 1. The van der Waals surface area contributed by atoms with Crippen LogP contribution in [-0.2, 0) is 11.3 Å². The third-order valence-electron chi connectivity index (χ3n) is 3.33. The van der Waals surface area contributed by atoms with Crippen LogP contribution in [-0.4, -0.2) is 55.5 Å². The molecule has 1 fully saturated rings. The number of nitro groups is 1. The van der Waals surface area contributed by atoms with Crippen LogP contribution >= 0.6 is 11.8 Å². The average molecular weight is 313 g/mol. The monoisotopic (exact) mass is 313 g/mol. The van der Waals surface area contributed by atoms with E-state index in [0.29, 0.717) is 24.6 Å². The Morgan fingerprint density at radius 2 is 2.29 bits per heavy atom. The highest BCUT2D eigenvalue weighted by Crippen LogP contribution is 2.23. The third kappa shape index (κ3) is 3.02. The molecule has 8 nitrogen and oxygen atoms in total. The van der Waals surface area contributed by atoms with Crippen molar-refractivity contribution in [2.45, 2.75) is 19.5 Å². The number of thioether (sulfide) groups is 1. The number of carbonyl (C=O) groups is 2. The number of carboxylic acids is 1. The number of carboxylic acid groups (broad SMARTS) is 1. The zero-order valence-electron chi connectivity index (χ0n) is 11.4. The molecular formula is C12H15N3O5S. The molecule has 1 aliphatic rings. The van der Waals surface area contributed by atoms with Crippen LogP contribution in [0.2, 0.25) is 0 Å². The normalized spacial score (nSPS) is 18.5. The number of hydrogen-bond donors (Lipinski definition) is 1. The van der Waals surface area contributed by atoms with Crippen molar-refractivity contribution in [2.75, 3.05) is 18.1 Å². The lowest BCUT2D eigenvalue weighted by atomic mass is 10.2. The van der Waals surface area contributed by atoms with Crippen molar-refractivity contribution in [3.8, 4) is 0 Å². The summed E-state index contributed by atoms with van der Waals surface area (Å²) in [6.07, 6.45) is 1.29. The van der Waals surface area contributed by atoms with E-state index in [4.69, 9.17) is 0 Å². The smallest absolute Gasteiger partial charge is 0.327 e. The van der Waals surface area contributed by atoms with Gasteiger partial charge in [0.25, 0.3) is 11.6 Å². The first kappa shape index (κ1) is 15.4. The lowest BCUT2D eigenvalue weighted by Gasteiger charge is -2.32. The van der Waals surface area contributed by atoms with Gasteiger partial charge in [0, 0.05) is 30.7 Å². The molecule has 0 saturated carbocycles. The molecule has 2 heterocycles. The van der Waals surface area contributed by atoms with Gasteiger partial charge in [-0.1, -0.05) is 0 Å². The van der Waals surface area contributed by atoms with Crippen molar-refractivity contribution < 1.29 is 19.6 Å². The summed E-state index contributed by atoms with van der Waals surface area (Å²) >= 11 is 1.48. The third-order valence-corrected chi connectivity index (χ3v) is 4.35. The maximum absolute atomic E-state index is 12.5. The number of carbonyl (C=O) groups excluding carboxylic acids is 1. The van der Waals surface area contributed by atoms with Gasteiger partial charge in [-0.2, -0.15) is 11.8 Å². The van der Waals surface area contributed by atoms with E-state index in [0.717, 1.165) is 0 Å². The summed E-state index contributed by atoms with van der Waals surface area (Å²) < 4.78 is 1.47. The van der Waals surface area contributed by atoms with Gasteiger partial charge in [-0.25, -0.2) is 4.79 Å². The quantitative estimate of drug-likeness (QED) is 0.658. The molecule has 114 valence electrons. The first-order valence-electron chi connectivity index (χ1n) is 6.41. The molecule has 1 aliphatic heterocycles. The summed E-state index contributed by atoms with van der Waals surface area (Å²) in [5, 5.41) is 20.0. The van der Waals surface area contributed by atoms with Crippen LogP contribution in [0.5, 0.6) is 0 Å². The zero-order valence-corrected chi connectivity index (χ0v) is 12.2. The SMILES string of the molecule is CCn1cc([N+](=O)[O-])cc1C(=O)N1CCSCC1C(=O)O. The molecule has 0 radical (unpaired) electrons. The maximum atomic E-state index is 12.5. The molecule has 0 aromatic carbocycles. The minimum absolute atomic E-state index is 0.155. The van der Waals surface area contributed by atoms with E-state index in [9.17, 15) is 24.8 Å². The summed E-state index contributed by atoms with van der Waals surface area (Å²) in [6.45, 7) is 2.49. The second kappa shape index (κ2) is 6.17. The van der Waals surface area contributed by atoms with E-state index in [1.54, 1.807) is 6.92 Å². The Hall–Kier alpha value is -2.03. The van der Waals surface area contributed by atoms with Gasteiger partial charge in [-0.05, 0) is 6.92 Å². The number of nitrogens with zero attached hydrogens (tertiary/aromatic N) is 3. The minimum Gasteiger partial charge on any atom is -0.480 e. The first-order chi connectivity index (χ1) is 9.95. The van der Waals surface area contributed by atoms with Gasteiger partial charge in [0.15, 0.2) is 0 Å². The van der Waals surface area contributed by atoms with Crippen LogP contribution in [0, 0.1) is 10.1 Å². The standard InChI is InChI=1S/C12H15N3O5S/c1-2-13-6-8(15(19)20)5-9(13)11(16)14-3-4-21-7-10(14)12(17)18/h5-6,10H,2-4,7H2,1H3,(H,17,18). The van der Waals surface area contributed by atoms with Gasteiger partial charge in [-0.15, -0.1) is 0 Å². The lowest BCUT2D eigenvalue weighted by Crippen LogP contribution is -2.50. The van der Waals surface area contributed by atoms with Crippen LogP contribution in [0.4, 0.5) is 5.69 Å². The Balaban J connectivity index is 2.33. The highest BCUT2D eigenvalue weighted by Gasteiger charge is 2.34. The summed E-state index contributed by atoms with van der Waals surface area (Å²) in [5.41, 5.74) is -0.0131. The van der Waals surface area contributed by atoms with E-state index in [1.807, 2.05) is 0 Å². The molecular weight excluding hydrogens is 298 g/mol. The molecule has 1 aromatic heterocycles. The fourth-order valence-electron chi connectivity index (χ4n) is 2.23. The highest BCUT2D eigenvalue weighted by atomic mass is 32.2. The molecule has 9 heteroatoms. The Morgan fingerprint density at radius 1 is 1.57 bits per heavy atom. The van der Waals surface area contributed by atoms with Gasteiger partial charge in [0.1, 0.15) is 11.7 Å². The van der Waals surface area contributed by atoms with Gasteiger partial charge in [-0.3, -0.25) is 14.9 Å². The first-order valence-corrected chi connectivity index (χ1v) is 7.57. The predicted molar refractivity (Wildman–Crippen MR) is 76.5 cm³/mol. The summed E-state index contributed by atoms with van der Waals surface area (Å²) in [4.78, 5) is 35.3. The molecule has 21 heavy (non-hydrogen) atoms. The van der Waals surface area contributed by atoms with Crippen LogP contribution in [0.25, 0.3) is 0 Å². The second-order valence-electron chi connectivity index (χ2n) is 4.55. The van der Waals surface area contributed by atoms with Gasteiger partial charge in [0.2, 0.25) is 0 Å². The summed E-state index contributed by atoms with van der Waals surface area (Å²) in [6, 6.07) is 0.308. The fourth-order valence-corrected chi connectivity index (χ4v) is 3.27. The molecule has 0 spiro atoms. The maximum Gasteiger partial charge on any atom is 0.327 e. The highest BCUT2D eigenvalue weighted by molar-refractivity contribution is 7.99. The van der Waals surface area contributed by atoms with Crippen LogP contribution in [0.15, 0.2) is 12.3 Å². The van der Waals surface area contributed by atoms with Crippen molar-refractivity contribution in [3.05, 3.63) is 28.1 Å². The average Bonchev–Trinajstić information content (AvgIpc) is 2.90. The molecule has 1 aromatic rings. The molecule has 0 bridgehead atoms. The number of hydrogen-bond acceptors (Lipinski definition) is 5. The van der Waals surface area contributed by atoms with Crippen molar-refractivity contribution >= 4 is 29.3 Å². The van der Waals surface area contributed by atoms with Gasteiger partial charge in [0.05, 0.1) is 11.1 Å². The van der Waals surface area contributed by atoms with E-state index in [2.05, 4.69) is 0 Å². The number of rotatable bonds is 4. The predicted octanol–water partition coefficient (Wildman–Crippen LogP) is 1.06. The molecule has 1 saturated heterocycles. The number of aliphatic carboxylic acids is 1. The zero-order chi connectivity index (χ0) is 15.6. The molecule has 1 amide bonds. The Bertz CT molecular complexity index is 585. The van der Waals surface area contributed by atoms with Crippen LogP contribution in [0.1, 0.15) is 17.4 Å². The van der Waals surface area contributed by atoms with Gasteiger partial charge >= 0.3 is 5.97 Å². The molecule has 1 N–H and O–H groups in total. The molecule has 0 aliphatic carbocycles. The minimum atomic E-state index is -1.06. The molecule has 2 rings (SSSR count). The Kier molecular flexibility index (Phi) is 4.51. The largest absolute Gasteiger partial charge is 0.480 e. The second-order valence-corrected chi connectivity index (χ2v) is 5.70. The number of amides is 1. The van der Waals surface area contributed by atoms with E-state index >= 15 is 0 Å². The van der Waals surface area contributed by atoms with E-state index in [-0.39, 0.29) is 11.4 Å². The van der Waals surface area contributed by atoms with Crippen molar-refractivity contribution in [3.63, 3.8) is 0 Å². The summed E-state index contributed by atoms with van der Waals surface area (Å²) in [5.74, 6) is -0.544. The fraction of sp³-hybridized carbons (Fsp3) is 0.500. The lowest BCUT2D eigenvalue weighted by molar-refractivity contribution is -0.384. The van der Waals surface area contributed by atoms with Crippen LogP contribution in [0.3, 0.4) is 0 Å². The molecule has 1 atom stereocenters. The van der Waals surface area contributed by atoms with Gasteiger partial charge < -0.3 is 14.6 Å². The van der Waals surface area contributed by atoms with Crippen molar-refractivity contribution in [1.29, 1.82) is 0 Å². The van der Waals surface area contributed by atoms with E-state index in [1.165, 1.54) is 33.5 Å². The Labute approximate surface area is 124 Å². The Morgan fingerprint density at radius 3 is 2.86 bits per heavy atom. The molecule has 1 unspecified atom stereocenters.